The van der Waals surface area contributed by atoms with Gasteiger partial charge < -0.3 is 20.1 Å². The molecule has 0 bridgehead atoms. The van der Waals surface area contributed by atoms with Crippen molar-refractivity contribution in [1.82, 2.24) is 4.90 Å². The van der Waals surface area contributed by atoms with Crippen molar-refractivity contribution in [2.75, 3.05) is 19.8 Å². The molecule has 1 amide bonds. The zero-order valence-electron chi connectivity index (χ0n) is 14.8. The molecule has 0 saturated heterocycles. The highest BCUT2D eigenvalue weighted by Crippen LogP contribution is 2.34. The third-order valence-corrected chi connectivity index (χ3v) is 4.04. The van der Waals surface area contributed by atoms with Gasteiger partial charge in [-0.05, 0) is 56.9 Å². The van der Waals surface area contributed by atoms with Gasteiger partial charge in [0.05, 0.1) is 13.2 Å². The van der Waals surface area contributed by atoms with Crippen molar-refractivity contribution in [2.45, 2.75) is 52.6 Å². The number of ether oxygens (including phenoxy) is 2. The van der Waals surface area contributed by atoms with Gasteiger partial charge >= 0.3 is 0 Å². The van der Waals surface area contributed by atoms with Gasteiger partial charge in [0.1, 0.15) is 0 Å². The predicted molar refractivity (Wildman–Crippen MR) is 98.0 cm³/mol. The van der Waals surface area contributed by atoms with Crippen LogP contribution in [0.3, 0.4) is 0 Å². The number of hydrogen-bond donors (Lipinski definition) is 1. The van der Waals surface area contributed by atoms with Crippen molar-refractivity contribution < 1.29 is 14.3 Å². The Bertz CT molecular complexity index is 549. The minimum Gasteiger partial charge on any atom is -0.490 e. The van der Waals surface area contributed by atoms with Crippen molar-refractivity contribution in [2.24, 2.45) is 5.73 Å². The minimum absolute atomic E-state index is 0. The van der Waals surface area contributed by atoms with E-state index in [0.717, 1.165) is 36.4 Å². The van der Waals surface area contributed by atoms with Crippen LogP contribution >= 0.6 is 12.4 Å². The summed E-state index contributed by atoms with van der Waals surface area (Å²) >= 11 is 0. The van der Waals surface area contributed by atoms with Crippen LogP contribution in [0, 0.1) is 0 Å². The molecule has 1 aliphatic heterocycles. The topological polar surface area (TPSA) is 64.8 Å². The Morgan fingerprint density at radius 1 is 1.21 bits per heavy atom. The molecule has 1 aromatic rings. The molecule has 1 aliphatic rings. The van der Waals surface area contributed by atoms with Crippen LogP contribution in [0.5, 0.6) is 11.5 Å². The number of hydrogen-bond acceptors (Lipinski definition) is 4. The maximum absolute atomic E-state index is 12.3. The molecule has 136 valence electrons. The number of amides is 1. The monoisotopic (exact) mass is 356 g/mol. The quantitative estimate of drug-likeness (QED) is 0.815. The van der Waals surface area contributed by atoms with Gasteiger partial charge in [-0.3, -0.25) is 4.79 Å². The molecule has 1 aromatic carbocycles. The largest absolute Gasteiger partial charge is 0.490 e. The molecule has 1 unspecified atom stereocenters. The van der Waals surface area contributed by atoms with Crippen molar-refractivity contribution in [3.8, 4) is 11.5 Å². The van der Waals surface area contributed by atoms with E-state index in [0.29, 0.717) is 26.2 Å². The number of nitrogens with zero attached hydrogens (tertiary/aromatic N) is 1. The molecule has 1 heterocycles. The molecular formula is C18H29ClN2O3. The smallest absolute Gasteiger partial charge is 0.222 e. The number of nitrogens with two attached hydrogens (primary N) is 1. The molecule has 2 rings (SSSR count). The molecule has 0 spiro atoms. The maximum atomic E-state index is 12.3. The first-order valence-corrected chi connectivity index (χ1v) is 8.49. The first kappa shape index (κ1) is 20.6. The van der Waals surface area contributed by atoms with Crippen LogP contribution in [0.2, 0.25) is 0 Å². The van der Waals surface area contributed by atoms with Crippen LogP contribution in [0.1, 0.15) is 44.7 Å². The molecule has 0 radical (unpaired) electrons. The molecule has 0 saturated carbocycles. The molecule has 1 atom stereocenters. The molecule has 0 aliphatic carbocycles. The lowest BCUT2D eigenvalue weighted by atomic mass is 9.98. The fourth-order valence-corrected chi connectivity index (χ4v) is 2.82. The van der Waals surface area contributed by atoms with Gasteiger partial charge in [-0.1, -0.05) is 0 Å². The standard InChI is InChI=1S/C18H28N2O3.ClH/c1-4-22-16-10-14-8-9-20(18(21)7-6-13(3)19)12-15(14)11-17(16)23-5-2;/h10-11,13H,4-9,12,19H2,1-3H3;1H. The summed E-state index contributed by atoms with van der Waals surface area (Å²) in [4.78, 5) is 14.2. The minimum atomic E-state index is 0. The Morgan fingerprint density at radius 3 is 2.33 bits per heavy atom. The SMILES string of the molecule is CCOc1cc2c(cc1OCC)CN(C(=O)CCC(C)N)CC2.Cl. The van der Waals surface area contributed by atoms with E-state index in [1.165, 1.54) is 5.56 Å². The van der Waals surface area contributed by atoms with Crippen molar-refractivity contribution in [3.63, 3.8) is 0 Å². The Balaban J connectivity index is 0.00000288. The van der Waals surface area contributed by atoms with E-state index in [4.69, 9.17) is 15.2 Å². The molecule has 6 heteroatoms. The van der Waals surface area contributed by atoms with Crippen molar-refractivity contribution >= 4 is 18.3 Å². The van der Waals surface area contributed by atoms with Gasteiger partial charge in [0.15, 0.2) is 11.5 Å². The molecule has 2 N–H and O–H groups in total. The molecule has 5 nitrogen and oxygen atoms in total. The number of carbonyl (C=O) groups excluding carboxylic acids is 1. The van der Waals surface area contributed by atoms with E-state index in [-0.39, 0.29) is 24.4 Å². The average molecular weight is 357 g/mol. The first-order valence-electron chi connectivity index (χ1n) is 8.49. The lowest BCUT2D eigenvalue weighted by Gasteiger charge is -2.30. The second kappa shape index (κ2) is 9.74. The summed E-state index contributed by atoms with van der Waals surface area (Å²) in [5.74, 6) is 1.74. The van der Waals surface area contributed by atoms with Crippen LogP contribution in [0.4, 0.5) is 0 Å². The molecule has 0 aromatic heterocycles. The highest BCUT2D eigenvalue weighted by Gasteiger charge is 2.23. The van der Waals surface area contributed by atoms with E-state index in [2.05, 4.69) is 6.07 Å². The predicted octanol–water partition coefficient (Wildman–Crippen LogP) is 2.92. The Hall–Kier alpha value is -1.46. The third kappa shape index (κ3) is 5.28. The summed E-state index contributed by atoms with van der Waals surface area (Å²) < 4.78 is 11.4. The lowest BCUT2D eigenvalue weighted by molar-refractivity contribution is -0.132. The van der Waals surface area contributed by atoms with E-state index >= 15 is 0 Å². The Morgan fingerprint density at radius 2 is 1.79 bits per heavy atom. The highest BCUT2D eigenvalue weighted by atomic mass is 35.5. The summed E-state index contributed by atoms with van der Waals surface area (Å²) in [6, 6.07) is 4.15. The summed E-state index contributed by atoms with van der Waals surface area (Å²) in [7, 11) is 0. The molecule has 24 heavy (non-hydrogen) atoms. The normalized spacial score (nSPS) is 14.4. The average Bonchev–Trinajstić information content (AvgIpc) is 2.53. The van der Waals surface area contributed by atoms with Gasteiger partial charge in [-0.25, -0.2) is 0 Å². The third-order valence-electron chi connectivity index (χ3n) is 4.04. The van der Waals surface area contributed by atoms with Gasteiger partial charge in [0.25, 0.3) is 0 Å². The zero-order chi connectivity index (χ0) is 16.8. The number of fused-ring (bicyclic) bond motifs is 1. The fourth-order valence-electron chi connectivity index (χ4n) is 2.82. The van der Waals surface area contributed by atoms with E-state index in [1.807, 2.05) is 31.7 Å². The van der Waals surface area contributed by atoms with E-state index in [9.17, 15) is 4.79 Å². The summed E-state index contributed by atoms with van der Waals surface area (Å²) in [5.41, 5.74) is 8.14. The summed E-state index contributed by atoms with van der Waals surface area (Å²) in [5, 5.41) is 0. The number of halogens is 1. The van der Waals surface area contributed by atoms with Crippen molar-refractivity contribution in [1.29, 1.82) is 0 Å². The summed E-state index contributed by atoms with van der Waals surface area (Å²) in [6.45, 7) is 8.45. The van der Waals surface area contributed by atoms with E-state index in [1.54, 1.807) is 0 Å². The second-order valence-electron chi connectivity index (χ2n) is 6.01. The lowest BCUT2D eigenvalue weighted by Crippen LogP contribution is -2.36. The van der Waals surface area contributed by atoms with Crippen LogP contribution in [-0.4, -0.2) is 36.6 Å². The molecular weight excluding hydrogens is 328 g/mol. The van der Waals surface area contributed by atoms with E-state index < -0.39 is 0 Å². The number of rotatable bonds is 7. The molecule has 0 fully saturated rings. The van der Waals surface area contributed by atoms with Gasteiger partial charge in [-0.2, -0.15) is 0 Å². The Kier molecular flexibility index (Phi) is 8.36. The maximum Gasteiger partial charge on any atom is 0.222 e. The van der Waals surface area contributed by atoms with Crippen molar-refractivity contribution in [3.05, 3.63) is 23.3 Å². The van der Waals surface area contributed by atoms with Crippen LogP contribution in [-0.2, 0) is 17.8 Å². The van der Waals surface area contributed by atoms with Gasteiger partial charge in [0.2, 0.25) is 5.91 Å². The first-order chi connectivity index (χ1) is 11.0. The van der Waals surface area contributed by atoms with Gasteiger partial charge in [-0.15, -0.1) is 12.4 Å². The Labute approximate surface area is 150 Å². The van der Waals surface area contributed by atoms with Gasteiger partial charge in [0, 0.05) is 25.6 Å². The summed E-state index contributed by atoms with van der Waals surface area (Å²) in [6.07, 6.45) is 2.10. The highest BCUT2D eigenvalue weighted by molar-refractivity contribution is 5.85. The van der Waals surface area contributed by atoms with Crippen LogP contribution < -0.4 is 15.2 Å². The zero-order valence-corrected chi connectivity index (χ0v) is 15.7. The second-order valence-corrected chi connectivity index (χ2v) is 6.01. The fraction of sp³-hybridized carbons (Fsp3) is 0.611. The van der Waals surface area contributed by atoms with Crippen LogP contribution in [0.25, 0.3) is 0 Å². The number of carbonyl (C=O) groups is 1. The van der Waals surface area contributed by atoms with Crippen LogP contribution in [0.15, 0.2) is 12.1 Å². The number of benzene rings is 1.